The van der Waals surface area contributed by atoms with Gasteiger partial charge in [0.2, 0.25) is 5.91 Å². The molecule has 1 aromatic rings. The van der Waals surface area contributed by atoms with E-state index >= 15 is 0 Å². The van der Waals surface area contributed by atoms with Gasteiger partial charge in [0.25, 0.3) is 0 Å². The van der Waals surface area contributed by atoms with Crippen LogP contribution in [-0.2, 0) is 4.79 Å². The molecule has 0 spiro atoms. The van der Waals surface area contributed by atoms with E-state index in [4.69, 9.17) is 11.5 Å². The molecule has 1 aromatic carbocycles. The fraction of sp³-hybridized carbons (Fsp3) is 0.500. The van der Waals surface area contributed by atoms with Crippen molar-refractivity contribution >= 4 is 5.91 Å². The molecule has 4 N–H and O–H groups in total. The Hall–Kier alpha value is -1.46. The van der Waals surface area contributed by atoms with Crippen LogP contribution in [0.2, 0.25) is 0 Å². The molecule has 0 bridgehead atoms. The number of nitrogens with zero attached hydrogens (tertiary/aromatic N) is 1. The van der Waals surface area contributed by atoms with Crippen LogP contribution in [0.25, 0.3) is 0 Å². The van der Waals surface area contributed by atoms with Crippen LogP contribution in [0.15, 0.2) is 24.3 Å². The van der Waals surface area contributed by atoms with Crippen molar-refractivity contribution in [2.24, 2.45) is 17.4 Å². The second-order valence-corrected chi connectivity index (χ2v) is 5.24. The largest absolute Gasteiger partial charge is 0.369 e. The lowest BCUT2D eigenvalue weighted by molar-refractivity contribution is -0.121. The molecule has 2 rings (SSSR count). The highest BCUT2D eigenvalue weighted by molar-refractivity contribution is 5.77. The highest BCUT2D eigenvalue weighted by Crippen LogP contribution is 2.29. The Morgan fingerprint density at radius 3 is 2.53 bits per heavy atom. The Kier molecular flexibility index (Phi) is 4.17. The Bertz CT molecular complexity index is 447. The summed E-state index contributed by atoms with van der Waals surface area (Å²) < 4.78 is 13.0. The molecule has 3 atom stereocenters. The minimum absolute atomic E-state index is 0.00931. The Morgan fingerprint density at radius 2 is 2.05 bits per heavy atom. The van der Waals surface area contributed by atoms with Crippen molar-refractivity contribution in [3.05, 3.63) is 35.6 Å². The number of hydrogen-bond acceptors (Lipinski definition) is 3. The van der Waals surface area contributed by atoms with Gasteiger partial charge in [-0.3, -0.25) is 9.69 Å². The van der Waals surface area contributed by atoms with Crippen molar-refractivity contribution in [2.45, 2.75) is 25.4 Å². The molecule has 1 aliphatic heterocycles. The molecule has 19 heavy (non-hydrogen) atoms. The van der Waals surface area contributed by atoms with Crippen molar-refractivity contribution in [1.82, 2.24) is 4.90 Å². The maximum absolute atomic E-state index is 13.0. The summed E-state index contributed by atoms with van der Waals surface area (Å²) in [5.74, 6) is -0.629. The summed E-state index contributed by atoms with van der Waals surface area (Å²) in [4.78, 5) is 13.4. The summed E-state index contributed by atoms with van der Waals surface area (Å²) in [6.07, 6.45) is 0.764. The minimum Gasteiger partial charge on any atom is -0.369 e. The van der Waals surface area contributed by atoms with Crippen LogP contribution in [0.4, 0.5) is 4.39 Å². The zero-order chi connectivity index (χ0) is 14.0. The van der Waals surface area contributed by atoms with Gasteiger partial charge in [0.15, 0.2) is 0 Å². The lowest BCUT2D eigenvalue weighted by atomic mass is 9.99. The fourth-order valence-electron chi connectivity index (χ4n) is 2.78. The van der Waals surface area contributed by atoms with Gasteiger partial charge in [-0.05, 0) is 37.6 Å². The number of halogens is 1. The van der Waals surface area contributed by atoms with Crippen molar-refractivity contribution < 1.29 is 9.18 Å². The molecule has 3 unspecified atom stereocenters. The molecular formula is C14H20FN3O. The third kappa shape index (κ3) is 3.11. The first-order valence-electron chi connectivity index (χ1n) is 6.53. The van der Waals surface area contributed by atoms with E-state index in [9.17, 15) is 9.18 Å². The first-order valence-corrected chi connectivity index (χ1v) is 6.53. The molecule has 0 radical (unpaired) electrons. The minimum atomic E-state index is -0.261. The molecular weight excluding hydrogens is 245 g/mol. The molecule has 1 amide bonds. The Balaban J connectivity index is 2.17. The lowest BCUT2D eigenvalue weighted by Gasteiger charge is -2.31. The van der Waals surface area contributed by atoms with E-state index in [0.29, 0.717) is 6.54 Å². The van der Waals surface area contributed by atoms with E-state index in [1.807, 2.05) is 6.92 Å². The molecule has 5 heteroatoms. The highest BCUT2D eigenvalue weighted by Gasteiger charge is 2.33. The predicted octanol–water partition coefficient (Wildman–Crippen LogP) is 1.02. The first-order chi connectivity index (χ1) is 8.99. The SMILES string of the molecule is CC(N)C(c1ccc(F)cc1)N1CCC(C(N)=O)C1. The number of nitrogens with two attached hydrogens (primary N) is 2. The van der Waals surface area contributed by atoms with Crippen molar-refractivity contribution in [3.8, 4) is 0 Å². The number of likely N-dealkylation sites (tertiary alicyclic amines) is 1. The van der Waals surface area contributed by atoms with E-state index in [2.05, 4.69) is 4.90 Å². The summed E-state index contributed by atoms with van der Waals surface area (Å²) in [5, 5.41) is 0. The van der Waals surface area contributed by atoms with Crippen LogP contribution in [0.5, 0.6) is 0 Å². The normalized spacial score (nSPS) is 23.2. The topological polar surface area (TPSA) is 72.3 Å². The van der Waals surface area contributed by atoms with Gasteiger partial charge >= 0.3 is 0 Å². The van der Waals surface area contributed by atoms with Crippen LogP contribution < -0.4 is 11.5 Å². The molecule has 4 nitrogen and oxygen atoms in total. The number of hydrogen-bond donors (Lipinski definition) is 2. The van der Waals surface area contributed by atoms with E-state index in [0.717, 1.165) is 18.5 Å². The number of primary amides is 1. The summed E-state index contributed by atoms with van der Waals surface area (Å²) in [6, 6.07) is 6.27. The average Bonchev–Trinajstić information content (AvgIpc) is 2.81. The van der Waals surface area contributed by atoms with Gasteiger partial charge in [0.1, 0.15) is 5.82 Å². The molecule has 104 valence electrons. The lowest BCUT2D eigenvalue weighted by Crippen LogP contribution is -2.39. The van der Waals surface area contributed by atoms with Gasteiger partial charge in [-0.15, -0.1) is 0 Å². The smallest absolute Gasteiger partial charge is 0.221 e. The second kappa shape index (κ2) is 5.67. The van der Waals surface area contributed by atoms with E-state index in [1.54, 1.807) is 12.1 Å². The maximum Gasteiger partial charge on any atom is 0.221 e. The van der Waals surface area contributed by atoms with Gasteiger partial charge in [-0.1, -0.05) is 12.1 Å². The zero-order valence-corrected chi connectivity index (χ0v) is 11.1. The molecule has 0 aromatic heterocycles. The van der Waals surface area contributed by atoms with E-state index in [1.165, 1.54) is 12.1 Å². The third-order valence-corrected chi connectivity index (χ3v) is 3.72. The van der Waals surface area contributed by atoms with Crippen molar-refractivity contribution in [3.63, 3.8) is 0 Å². The van der Waals surface area contributed by atoms with Crippen molar-refractivity contribution in [1.29, 1.82) is 0 Å². The van der Waals surface area contributed by atoms with Gasteiger partial charge in [-0.2, -0.15) is 0 Å². The number of benzene rings is 1. The fourth-order valence-corrected chi connectivity index (χ4v) is 2.78. The molecule has 0 aliphatic carbocycles. The maximum atomic E-state index is 13.0. The molecule has 1 saturated heterocycles. The van der Waals surface area contributed by atoms with Crippen LogP contribution in [-0.4, -0.2) is 29.9 Å². The van der Waals surface area contributed by atoms with E-state index in [-0.39, 0.29) is 29.7 Å². The zero-order valence-electron chi connectivity index (χ0n) is 11.1. The van der Waals surface area contributed by atoms with Gasteiger partial charge in [-0.25, -0.2) is 4.39 Å². The quantitative estimate of drug-likeness (QED) is 0.853. The van der Waals surface area contributed by atoms with Crippen LogP contribution in [0.1, 0.15) is 24.9 Å². The molecule has 1 aliphatic rings. The predicted molar refractivity (Wildman–Crippen MR) is 71.7 cm³/mol. The average molecular weight is 265 g/mol. The standard InChI is InChI=1S/C14H20FN3O/c1-9(16)13(10-2-4-12(15)5-3-10)18-7-6-11(8-18)14(17)19/h2-5,9,11,13H,6-8,16H2,1H3,(H2,17,19). The van der Waals surface area contributed by atoms with Crippen LogP contribution in [0.3, 0.4) is 0 Å². The number of carbonyl (C=O) groups excluding carboxylic acids is 1. The number of carbonyl (C=O) groups is 1. The van der Waals surface area contributed by atoms with Gasteiger partial charge < -0.3 is 11.5 Å². The van der Waals surface area contributed by atoms with Gasteiger partial charge in [0, 0.05) is 18.6 Å². The highest BCUT2D eigenvalue weighted by atomic mass is 19.1. The second-order valence-electron chi connectivity index (χ2n) is 5.24. The van der Waals surface area contributed by atoms with E-state index < -0.39 is 0 Å². The Morgan fingerprint density at radius 1 is 1.42 bits per heavy atom. The molecule has 1 fully saturated rings. The third-order valence-electron chi connectivity index (χ3n) is 3.72. The van der Waals surface area contributed by atoms with Crippen molar-refractivity contribution in [2.75, 3.05) is 13.1 Å². The van der Waals surface area contributed by atoms with Crippen LogP contribution in [0, 0.1) is 11.7 Å². The molecule has 1 heterocycles. The summed E-state index contributed by atoms with van der Waals surface area (Å²) in [5.41, 5.74) is 12.4. The Labute approximate surface area is 112 Å². The molecule has 0 saturated carbocycles. The van der Waals surface area contributed by atoms with Crippen LogP contribution >= 0.6 is 0 Å². The first kappa shape index (κ1) is 14.0. The number of amides is 1. The summed E-state index contributed by atoms with van der Waals surface area (Å²) in [7, 11) is 0. The summed E-state index contributed by atoms with van der Waals surface area (Å²) in [6.45, 7) is 3.34. The van der Waals surface area contributed by atoms with Gasteiger partial charge in [0.05, 0.1) is 5.92 Å². The summed E-state index contributed by atoms with van der Waals surface area (Å²) >= 11 is 0. The number of rotatable bonds is 4. The monoisotopic (exact) mass is 265 g/mol.